The molecule has 1 aliphatic rings. The minimum atomic E-state index is -0.0768. The van der Waals surface area contributed by atoms with Crippen molar-refractivity contribution in [3.8, 4) is 23.8 Å². The molecule has 4 rings (SSSR count). The van der Waals surface area contributed by atoms with Gasteiger partial charge in [0.2, 0.25) is 0 Å². The highest BCUT2D eigenvalue weighted by molar-refractivity contribution is 5.96. The predicted molar refractivity (Wildman–Crippen MR) is 91.2 cm³/mol. The lowest BCUT2D eigenvalue weighted by molar-refractivity contribution is 0.325. The molecule has 2 heterocycles. The Kier molecular flexibility index (Phi) is 2.99. The summed E-state index contributed by atoms with van der Waals surface area (Å²) in [7, 11) is 0. The Morgan fingerprint density at radius 2 is 1.96 bits per heavy atom. The second kappa shape index (κ2) is 5.03. The van der Waals surface area contributed by atoms with E-state index in [1.807, 2.05) is 36.4 Å². The van der Waals surface area contributed by atoms with E-state index in [1.54, 1.807) is 10.6 Å². The number of ether oxygens (including phenoxy) is 1. The molecule has 0 atom stereocenters. The summed E-state index contributed by atoms with van der Waals surface area (Å²) in [6.07, 6.45) is 6.37. The van der Waals surface area contributed by atoms with Crippen molar-refractivity contribution in [2.45, 2.75) is 20.0 Å². The van der Waals surface area contributed by atoms with Gasteiger partial charge in [0, 0.05) is 27.9 Å². The van der Waals surface area contributed by atoms with E-state index in [-0.39, 0.29) is 5.56 Å². The van der Waals surface area contributed by atoms with Crippen molar-refractivity contribution in [2.24, 2.45) is 0 Å². The molecule has 0 aliphatic carbocycles. The summed E-state index contributed by atoms with van der Waals surface area (Å²) in [5.74, 6) is 3.39. The number of benzene rings is 2. The van der Waals surface area contributed by atoms with Crippen molar-refractivity contribution in [3.05, 3.63) is 69.6 Å². The largest absolute Gasteiger partial charge is 0.488 e. The molecule has 0 spiro atoms. The van der Waals surface area contributed by atoms with Crippen LogP contribution in [0.5, 0.6) is 5.75 Å². The van der Waals surface area contributed by atoms with Crippen LogP contribution < -0.4 is 10.3 Å². The first-order valence-electron chi connectivity index (χ1n) is 7.64. The molecule has 1 aromatic heterocycles. The minimum absolute atomic E-state index is 0.0768. The number of rotatable bonds is 2. The molecule has 0 bridgehead atoms. The van der Waals surface area contributed by atoms with Crippen LogP contribution in [-0.2, 0) is 13.0 Å². The second-order valence-corrected chi connectivity index (χ2v) is 5.55. The van der Waals surface area contributed by atoms with Crippen LogP contribution >= 0.6 is 0 Å². The Morgan fingerprint density at radius 1 is 1.17 bits per heavy atom. The molecule has 0 amide bonds. The normalized spacial score (nSPS) is 12.2. The maximum absolute atomic E-state index is 13.2. The summed E-state index contributed by atoms with van der Waals surface area (Å²) in [6.45, 7) is 2.54. The van der Waals surface area contributed by atoms with Gasteiger partial charge in [-0.3, -0.25) is 9.36 Å². The Balaban J connectivity index is 2.25. The second-order valence-electron chi connectivity index (χ2n) is 5.55. The van der Waals surface area contributed by atoms with Gasteiger partial charge in [-0.05, 0) is 30.7 Å². The molecule has 0 unspecified atom stereocenters. The van der Waals surface area contributed by atoms with E-state index in [9.17, 15) is 4.79 Å². The van der Waals surface area contributed by atoms with Crippen LogP contribution in [0.2, 0.25) is 0 Å². The minimum Gasteiger partial charge on any atom is -0.488 e. The van der Waals surface area contributed by atoms with E-state index in [0.717, 1.165) is 34.5 Å². The van der Waals surface area contributed by atoms with Gasteiger partial charge in [-0.1, -0.05) is 31.0 Å². The fraction of sp³-hybridized carbons (Fsp3) is 0.150. The number of nitrogens with zero attached hydrogens (tertiary/aromatic N) is 1. The molecule has 23 heavy (non-hydrogen) atoms. The van der Waals surface area contributed by atoms with Crippen molar-refractivity contribution in [1.82, 2.24) is 4.57 Å². The third-order valence-electron chi connectivity index (χ3n) is 4.38. The Bertz CT molecular complexity index is 1020. The molecule has 2 aromatic carbocycles. The first-order chi connectivity index (χ1) is 11.3. The molecule has 0 saturated carbocycles. The molecule has 112 valence electrons. The van der Waals surface area contributed by atoms with Gasteiger partial charge in [-0.25, -0.2) is 0 Å². The van der Waals surface area contributed by atoms with Gasteiger partial charge in [-0.15, -0.1) is 6.42 Å². The molecular formula is C20H15NO2. The van der Waals surface area contributed by atoms with Crippen LogP contribution in [0.4, 0.5) is 0 Å². The highest BCUT2D eigenvalue weighted by atomic mass is 16.5. The van der Waals surface area contributed by atoms with Crippen LogP contribution in [0.25, 0.3) is 16.5 Å². The molecule has 3 nitrogen and oxygen atoms in total. The average molecular weight is 301 g/mol. The van der Waals surface area contributed by atoms with Crippen LogP contribution in [0.15, 0.2) is 47.3 Å². The van der Waals surface area contributed by atoms with Crippen LogP contribution in [-0.4, -0.2) is 4.57 Å². The number of para-hydroxylation sites is 1. The monoisotopic (exact) mass is 301 g/mol. The third-order valence-corrected chi connectivity index (χ3v) is 4.38. The summed E-state index contributed by atoms with van der Waals surface area (Å²) in [4.78, 5) is 13.2. The van der Waals surface area contributed by atoms with Crippen molar-refractivity contribution < 1.29 is 4.74 Å². The summed E-state index contributed by atoms with van der Waals surface area (Å²) >= 11 is 0. The zero-order valence-electron chi connectivity index (χ0n) is 12.8. The molecule has 3 heteroatoms. The summed E-state index contributed by atoms with van der Waals surface area (Å²) in [5, 5.41) is 1.47. The van der Waals surface area contributed by atoms with Gasteiger partial charge >= 0.3 is 0 Å². The Labute approximate surface area is 134 Å². The van der Waals surface area contributed by atoms with Gasteiger partial charge in [0.05, 0.1) is 5.39 Å². The fourth-order valence-corrected chi connectivity index (χ4v) is 3.39. The zero-order chi connectivity index (χ0) is 16.0. The van der Waals surface area contributed by atoms with Gasteiger partial charge in [0.1, 0.15) is 12.4 Å². The fourth-order valence-electron chi connectivity index (χ4n) is 3.39. The number of hydrogen-bond acceptors (Lipinski definition) is 2. The van der Waals surface area contributed by atoms with E-state index < -0.39 is 0 Å². The van der Waals surface area contributed by atoms with Gasteiger partial charge in [-0.2, -0.15) is 0 Å². The quantitative estimate of drug-likeness (QED) is 0.679. The molecule has 0 saturated heterocycles. The van der Waals surface area contributed by atoms with E-state index in [4.69, 9.17) is 11.2 Å². The van der Waals surface area contributed by atoms with Gasteiger partial charge in [0.25, 0.3) is 5.56 Å². The van der Waals surface area contributed by atoms with E-state index in [0.29, 0.717) is 17.6 Å². The number of pyridine rings is 1. The molecular weight excluding hydrogens is 286 g/mol. The Hall–Kier alpha value is -2.99. The van der Waals surface area contributed by atoms with Crippen LogP contribution in [0.1, 0.15) is 23.7 Å². The first-order valence-corrected chi connectivity index (χ1v) is 7.64. The van der Waals surface area contributed by atoms with Crippen LogP contribution in [0, 0.1) is 12.3 Å². The third kappa shape index (κ3) is 1.82. The maximum Gasteiger partial charge on any atom is 0.264 e. The number of terminal acetylenes is 1. The smallest absolute Gasteiger partial charge is 0.264 e. The van der Waals surface area contributed by atoms with E-state index >= 15 is 0 Å². The van der Waals surface area contributed by atoms with Gasteiger partial charge < -0.3 is 4.74 Å². The van der Waals surface area contributed by atoms with Crippen LogP contribution in [0.3, 0.4) is 0 Å². The lowest BCUT2D eigenvalue weighted by Crippen LogP contribution is -2.24. The average Bonchev–Trinajstić information content (AvgIpc) is 3.02. The predicted octanol–water partition coefficient (Wildman–Crippen LogP) is 3.43. The van der Waals surface area contributed by atoms with Crippen molar-refractivity contribution in [2.75, 3.05) is 0 Å². The van der Waals surface area contributed by atoms with E-state index in [2.05, 4.69) is 12.8 Å². The summed E-state index contributed by atoms with van der Waals surface area (Å²) in [5.41, 5.74) is 3.45. The zero-order valence-corrected chi connectivity index (χ0v) is 12.8. The molecule has 0 radical (unpaired) electrons. The molecule has 3 aromatic rings. The van der Waals surface area contributed by atoms with Crippen molar-refractivity contribution in [1.29, 1.82) is 0 Å². The van der Waals surface area contributed by atoms with Crippen molar-refractivity contribution in [3.63, 3.8) is 0 Å². The first kappa shape index (κ1) is 13.7. The molecule has 0 N–H and O–H groups in total. The lowest BCUT2D eigenvalue weighted by atomic mass is 9.99. The molecule has 1 aliphatic heterocycles. The Morgan fingerprint density at radius 3 is 2.65 bits per heavy atom. The number of aromatic nitrogens is 1. The lowest BCUT2D eigenvalue weighted by Gasteiger charge is -2.16. The van der Waals surface area contributed by atoms with Crippen molar-refractivity contribution >= 4 is 10.8 Å². The maximum atomic E-state index is 13.2. The highest BCUT2D eigenvalue weighted by Crippen LogP contribution is 2.37. The van der Waals surface area contributed by atoms with Gasteiger partial charge in [0.15, 0.2) is 0 Å². The SMILES string of the molecule is C#Cc1ccc2c3c(c(CC)n(-c4ccccc4)c(=O)c13)CO2. The standard InChI is InChI=1S/C20H15NO2/c1-3-13-10-11-17-19-15(12-23-17)16(4-2)21(20(22)18(13)19)14-8-6-5-7-9-14/h1,5-11H,4,12H2,2H3. The topological polar surface area (TPSA) is 31.2 Å². The van der Waals surface area contributed by atoms with E-state index in [1.165, 1.54) is 0 Å². The number of hydrogen-bond donors (Lipinski definition) is 0. The summed E-state index contributed by atoms with van der Waals surface area (Å²) in [6, 6.07) is 13.3. The highest BCUT2D eigenvalue weighted by Gasteiger charge is 2.25. The molecule has 0 fully saturated rings. The summed E-state index contributed by atoms with van der Waals surface area (Å²) < 4.78 is 7.56.